The van der Waals surface area contributed by atoms with Gasteiger partial charge in [0.15, 0.2) is 0 Å². The molecule has 0 fully saturated rings. The van der Waals surface area contributed by atoms with E-state index in [1.165, 1.54) is 54.9 Å². The normalized spacial score (nSPS) is 12.4. The lowest BCUT2D eigenvalue weighted by molar-refractivity contribution is 0.753. The molecule has 0 N–H and O–H groups in total. The van der Waals surface area contributed by atoms with Gasteiger partial charge in [-0.3, -0.25) is 0 Å². The molecule has 1 aliphatic heterocycles. The summed E-state index contributed by atoms with van der Waals surface area (Å²) in [6.45, 7) is 0. The van der Waals surface area contributed by atoms with Crippen molar-refractivity contribution in [1.29, 1.82) is 0 Å². The van der Waals surface area contributed by atoms with Crippen LogP contribution in [-0.4, -0.2) is 0 Å². The number of benzene rings is 15. The standard InChI is InChI=1S/C87H61N5/c1-6-30-64(31-7-1)88(65-32-8-2-9-33-65)69-48-50-71(51-49-69)90(68-38-14-5-15-39-68)73-56-58-77-78-59-57-74(91(83-46-24-28-62-26-16-18-40-75(62)83)72-54-52-70(53-55-72)89(66-34-10-3-11-35-66)67-36-12-4-13-37-67)61-82(78)87(81(77)60-73)79-42-20-22-44-85(79)92(86-45-23-21-43-80(86)87)84-47-25-29-63-27-17-19-41-76(63)84/h1-61H. The molecule has 0 unspecified atom stereocenters. The molecule has 15 aromatic carbocycles. The first-order valence-electron chi connectivity index (χ1n) is 31.6. The first-order chi connectivity index (χ1) is 45.7. The Morgan fingerprint density at radius 1 is 0.196 bits per heavy atom. The maximum Gasteiger partial charge on any atom is 0.0755 e. The molecule has 5 heteroatoms. The van der Waals surface area contributed by atoms with Gasteiger partial charge >= 0.3 is 0 Å². The monoisotopic (exact) mass is 1180 g/mol. The Morgan fingerprint density at radius 3 is 0.935 bits per heavy atom. The smallest absolute Gasteiger partial charge is 0.0755 e. The van der Waals surface area contributed by atoms with Crippen molar-refractivity contribution in [3.05, 3.63) is 392 Å². The van der Waals surface area contributed by atoms with Gasteiger partial charge in [-0.25, -0.2) is 0 Å². The van der Waals surface area contributed by atoms with Crippen LogP contribution >= 0.6 is 0 Å². The minimum atomic E-state index is -0.816. The molecule has 0 atom stereocenters. The van der Waals surface area contributed by atoms with Gasteiger partial charge in [0.05, 0.1) is 28.2 Å². The predicted molar refractivity (Wildman–Crippen MR) is 386 cm³/mol. The first-order valence-corrected chi connectivity index (χ1v) is 31.6. The summed E-state index contributed by atoms with van der Waals surface area (Å²) in [5.74, 6) is 0. The lowest BCUT2D eigenvalue weighted by Crippen LogP contribution is -2.36. The maximum atomic E-state index is 2.52. The summed E-state index contributed by atoms with van der Waals surface area (Å²) in [5.41, 5.74) is 22.7. The molecular weight excluding hydrogens is 1110 g/mol. The molecule has 0 radical (unpaired) electrons. The summed E-state index contributed by atoms with van der Waals surface area (Å²) in [6.07, 6.45) is 0. The van der Waals surface area contributed by atoms with E-state index in [-0.39, 0.29) is 0 Å². The van der Waals surface area contributed by atoms with Gasteiger partial charge in [-0.2, -0.15) is 0 Å². The molecule has 92 heavy (non-hydrogen) atoms. The van der Waals surface area contributed by atoms with Crippen LogP contribution in [0.1, 0.15) is 22.3 Å². The van der Waals surface area contributed by atoms with Crippen LogP contribution in [0.5, 0.6) is 0 Å². The minimum absolute atomic E-state index is 0.816. The molecule has 1 aliphatic carbocycles. The van der Waals surface area contributed by atoms with E-state index in [9.17, 15) is 0 Å². The van der Waals surface area contributed by atoms with E-state index >= 15 is 0 Å². The molecular formula is C87H61N5. The van der Waals surface area contributed by atoms with Crippen LogP contribution in [0, 0.1) is 0 Å². The van der Waals surface area contributed by atoms with Crippen molar-refractivity contribution in [3.8, 4) is 11.1 Å². The van der Waals surface area contributed by atoms with Crippen LogP contribution in [-0.2, 0) is 5.41 Å². The Balaban J connectivity index is 0.889. The molecule has 2 aliphatic rings. The van der Waals surface area contributed by atoms with Crippen molar-refractivity contribution >= 4 is 107 Å². The summed E-state index contributed by atoms with van der Waals surface area (Å²) in [5, 5.41) is 4.73. The zero-order valence-corrected chi connectivity index (χ0v) is 50.5. The fraction of sp³-hybridized carbons (Fsp3) is 0.0115. The third-order valence-electron chi connectivity index (χ3n) is 18.5. The van der Waals surface area contributed by atoms with Gasteiger partial charge in [-0.1, -0.05) is 212 Å². The Morgan fingerprint density at radius 2 is 0.489 bits per heavy atom. The van der Waals surface area contributed by atoms with Crippen LogP contribution in [0.4, 0.5) is 85.3 Å². The Kier molecular flexibility index (Phi) is 13.4. The van der Waals surface area contributed by atoms with Crippen molar-refractivity contribution in [2.45, 2.75) is 5.41 Å². The highest BCUT2D eigenvalue weighted by Gasteiger charge is 2.52. The zero-order valence-electron chi connectivity index (χ0n) is 50.5. The molecule has 434 valence electrons. The molecule has 0 saturated heterocycles. The average molecular weight is 1180 g/mol. The van der Waals surface area contributed by atoms with Gasteiger partial charge < -0.3 is 24.5 Å². The van der Waals surface area contributed by atoms with Gasteiger partial charge in [0.1, 0.15) is 0 Å². The number of nitrogens with zero attached hydrogens (tertiary/aromatic N) is 5. The van der Waals surface area contributed by atoms with Crippen molar-refractivity contribution in [2.24, 2.45) is 0 Å². The number of fused-ring (bicyclic) bond motifs is 11. The van der Waals surface area contributed by atoms with Gasteiger partial charge in [-0.05, 0) is 202 Å². The highest BCUT2D eigenvalue weighted by atomic mass is 15.2. The highest BCUT2D eigenvalue weighted by Crippen LogP contribution is 2.65. The van der Waals surface area contributed by atoms with Gasteiger partial charge in [0, 0.05) is 73.3 Å². The van der Waals surface area contributed by atoms with Gasteiger partial charge in [-0.15, -0.1) is 0 Å². The number of hydrogen-bond donors (Lipinski definition) is 0. The second kappa shape index (κ2) is 22.8. The van der Waals surface area contributed by atoms with Crippen LogP contribution in [0.15, 0.2) is 370 Å². The van der Waals surface area contributed by atoms with Crippen LogP contribution in [0.25, 0.3) is 32.7 Å². The lowest BCUT2D eigenvalue weighted by Gasteiger charge is -2.45. The third-order valence-corrected chi connectivity index (χ3v) is 18.5. The van der Waals surface area contributed by atoms with E-state index in [0.717, 1.165) is 85.3 Å². The molecule has 0 aromatic heterocycles. The van der Waals surface area contributed by atoms with E-state index in [4.69, 9.17) is 0 Å². The zero-order chi connectivity index (χ0) is 61.0. The van der Waals surface area contributed by atoms with Crippen molar-refractivity contribution in [1.82, 2.24) is 0 Å². The number of hydrogen-bond acceptors (Lipinski definition) is 5. The summed E-state index contributed by atoms with van der Waals surface area (Å²) in [7, 11) is 0. The fourth-order valence-corrected chi connectivity index (χ4v) is 14.6. The maximum absolute atomic E-state index is 2.52. The lowest BCUT2D eigenvalue weighted by atomic mass is 9.64. The molecule has 0 amide bonds. The Bertz CT molecular complexity index is 5040. The summed E-state index contributed by atoms with van der Waals surface area (Å²) in [6, 6.07) is 135. The van der Waals surface area contributed by atoms with E-state index in [1.807, 2.05) is 0 Å². The molecule has 0 bridgehead atoms. The van der Waals surface area contributed by atoms with E-state index < -0.39 is 5.41 Å². The summed E-state index contributed by atoms with van der Waals surface area (Å²) < 4.78 is 0. The predicted octanol–water partition coefficient (Wildman–Crippen LogP) is 24.0. The van der Waals surface area contributed by atoms with E-state index in [0.29, 0.717) is 0 Å². The summed E-state index contributed by atoms with van der Waals surface area (Å²) in [4.78, 5) is 12.1. The largest absolute Gasteiger partial charge is 0.311 e. The van der Waals surface area contributed by atoms with E-state index in [1.54, 1.807) is 0 Å². The second-order valence-corrected chi connectivity index (χ2v) is 23.6. The Hall–Kier alpha value is -12.2. The SMILES string of the molecule is c1ccc(N(c2ccccc2)c2ccc(N(c3ccccc3)c3ccc4c(c3)C3(c5cc(N(c6ccc(N(c7ccccc7)c7ccccc7)cc6)c6cccc7ccccc67)ccc5-4)c4ccccc4N(c4cccc5ccccc45)c4ccccc43)cc2)cc1. The summed E-state index contributed by atoms with van der Waals surface area (Å²) >= 11 is 0. The minimum Gasteiger partial charge on any atom is -0.311 e. The molecule has 1 heterocycles. The van der Waals surface area contributed by atoms with Crippen molar-refractivity contribution < 1.29 is 0 Å². The van der Waals surface area contributed by atoms with Gasteiger partial charge in [0.25, 0.3) is 0 Å². The third kappa shape index (κ3) is 9.01. The molecule has 5 nitrogen and oxygen atoms in total. The second-order valence-electron chi connectivity index (χ2n) is 23.6. The number of anilines is 15. The van der Waals surface area contributed by atoms with E-state index in [2.05, 4.69) is 395 Å². The Labute approximate surface area is 537 Å². The molecule has 15 aromatic rings. The van der Waals surface area contributed by atoms with Crippen LogP contribution in [0.3, 0.4) is 0 Å². The average Bonchev–Trinajstić information content (AvgIpc) is 1.43. The number of para-hydroxylation sites is 7. The van der Waals surface area contributed by atoms with Crippen LogP contribution in [0.2, 0.25) is 0 Å². The molecule has 17 rings (SSSR count). The number of rotatable bonds is 13. The molecule has 1 spiro atoms. The highest BCUT2D eigenvalue weighted by molar-refractivity contribution is 6.05. The topological polar surface area (TPSA) is 16.2 Å². The van der Waals surface area contributed by atoms with Crippen molar-refractivity contribution in [3.63, 3.8) is 0 Å². The fourth-order valence-electron chi connectivity index (χ4n) is 14.6. The van der Waals surface area contributed by atoms with Crippen LogP contribution < -0.4 is 24.5 Å². The van der Waals surface area contributed by atoms with Crippen molar-refractivity contribution in [2.75, 3.05) is 24.5 Å². The van der Waals surface area contributed by atoms with Gasteiger partial charge in [0.2, 0.25) is 0 Å². The molecule has 0 saturated carbocycles. The quantitative estimate of drug-likeness (QED) is 0.114. The first kappa shape index (κ1) is 54.0.